The summed E-state index contributed by atoms with van der Waals surface area (Å²) in [4.78, 5) is 14.2. The summed E-state index contributed by atoms with van der Waals surface area (Å²) >= 11 is 0. The summed E-state index contributed by atoms with van der Waals surface area (Å²) in [5.41, 5.74) is -13.7. The number of rotatable bonds is 12. The summed E-state index contributed by atoms with van der Waals surface area (Å²) < 4.78 is 149. The zero-order valence-electron chi connectivity index (χ0n) is 27.4. The lowest BCUT2D eigenvalue weighted by atomic mass is 9.75. The van der Waals surface area contributed by atoms with Crippen LogP contribution in [0.1, 0.15) is 83.6 Å². The number of aryl methyl sites for hydroxylation is 1. The number of benzene rings is 1. The molecule has 4 atom stereocenters. The molecule has 0 aromatic heterocycles. The zero-order chi connectivity index (χ0) is 35.9. The van der Waals surface area contributed by atoms with Gasteiger partial charge < -0.3 is 13.3 Å². The molecule has 18 heteroatoms. The number of ether oxygens (including phenoxy) is 1. The third kappa shape index (κ3) is 7.90. The SMILES string of the molecule is CC[Si](CC)(CC)O[C@H](C(=O)O[C@@H]1C[C@H](C)CC[C@H]1C(C)C)c1c(C)cc2c(c1OS(=O)(=O)C(F)(F)F)CCN2S(=O)(=O)C(F)(F)F. The molecule has 1 aromatic rings. The molecule has 0 N–H and O–H groups in total. The van der Waals surface area contributed by atoms with Crippen molar-refractivity contribution in [2.45, 2.75) is 116 Å². The molecule has 1 aliphatic heterocycles. The van der Waals surface area contributed by atoms with E-state index in [0.29, 0.717) is 24.6 Å². The molecule has 2 aliphatic rings. The van der Waals surface area contributed by atoms with Gasteiger partial charge in [-0.15, -0.1) is 0 Å². The normalized spacial score (nSPS) is 21.9. The van der Waals surface area contributed by atoms with E-state index in [9.17, 15) is 48.0 Å². The first-order valence-corrected chi connectivity index (χ1v) is 21.0. The molecule has 0 bridgehead atoms. The molecule has 0 saturated heterocycles. The largest absolute Gasteiger partial charge is 0.534 e. The summed E-state index contributed by atoms with van der Waals surface area (Å²) in [5.74, 6) is -1.85. The van der Waals surface area contributed by atoms with Crippen LogP contribution in [-0.4, -0.2) is 54.8 Å². The van der Waals surface area contributed by atoms with Crippen LogP contribution in [0.25, 0.3) is 0 Å². The van der Waals surface area contributed by atoms with Crippen LogP contribution in [0, 0.1) is 24.7 Å². The molecule has 0 unspecified atom stereocenters. The Morgan fingerprint density at radius 2 is 1.57 bits per heavy atom. The minimum absolute atomic E-state index is 0.0510. The summed E-state index contributed by atoms with van der Waals surface area (Å²) in [7, 11) is -15.3. The molecule has 1 heterocycles. The highest BCUT2D eigenvalue weighted by Crippen LogP contribution is 2.49. The Bertz CT molecular complexity index is 1520. The Balaban J connectivity index is 2.34. The molecule has 0 spiro atoms. The second-order valence-corrected chi connectivity index (χ2v) is 20.8. The van der Waals surface area contributed by atoms with E-state index in [1.54, 1.807) is 0 Å². The lowest BCUT2D eigenvalue weighted by Gasteiger charge is -2.39. The molecule has 1 fully saturated rings. The number of sulfonamides is 1. The first-order valence-electron chi connectivity index (χ1n) is 15.6. The molecule has 0 amide bonds. The van der Waals surface area contributed by atoms with Gasteiger partial charge in [-0.3, -0.25) is 4.31 Å². The van der Waals surface area contributed by atoms with Gasteiger partial charge in [0.05, 0.1) is 5.69 Å². The smallest absolute Gasteiger partial charge is 0.460 e. The van der Waals surface area contributed by atoms with Crippen molar-refractivity contribution in [2.75, 3.05) is 10.8 Å². The number of alkyl halides is 6. The number of anilines is 1. The van der Waals surface area contributed by atoms with Crippen molar-refractivity contribution in [3.63, 3.8) is 0 Å². The van der Waals surface area contributed by atoms with Crippen molar-refractivity contribution in [3.05, 3.63) is 22.8 Å². The average molecular weight is 740 g/mol. The van der Waals surface area contributed by atoms with E-state index in [1.807, 2.05) is 41.5 Å². The maximum atomic E-state index is 14.2. The van der Waals surface area contributed by atoms with Crippen molar-refractivity contribution in [2.24, 2.45) is 17.8 Å². The maximum Gasteiger partial charge on any atom is 0.534 e. The van der Waals surface area contributed by atoms with Gasteiger partial charge in [0.15, 0.2) is 20.2 Å². The minimum atomic E-state index is -6.45. The number of hydrogen-bond donors (Lipinski definition) is 0. The predicted molar refractivity (Wildman–Crippen MR) is 165 cm³/mol. The number of fused-ring (bicyclic) bond motifs is 1. The third-order valence-electron chi connectivity index (χ3n) is 9.50. The highest BCUT2D eigenvalue weighted by Gasteiger charge is 2.54. The van der Waals surface area contributed by atoms with E-state index in [1.165, 1.54) is 6.92 Å². The van der Waals surface area contributed by atoms with Crippen molar-refractivity contribution in [3.8, 4) is 5.75 Å². The third-order valence-corrected chi connectivity index (χ3v) is 16.6. The Kier molecular flexibility index (Phi) is 11.8. The van der Waals surface area contributed by atoms with E-state index in [2.05, 4.69) is 4.18 Å². The quantitative estimate of drug-likeness (QED) is 0.0712. The maximum absolute atomic E-state index is 14.2. The Morgan fingerprint density at radius 1 is 1.00 bits per heavy atom. The lowest BCUT2D eigenvalue weighted by Crippen LogP contribution is -2.42. The Labute approximate surface area is 273 Å². The van der Waals surface area contributed by atoms with Gasteiger partial charge >= 0.3 is 37.1 Å². The van der Waals surface area contributed by atoms with E-state index < -0.39 is 93.2 Å². The second kappa shape index (κ2) is 14.1. The monoisotopic (exact) mass is 739 g/mol. The van der Waals surface area contributed by atoms with Crippen LogP contribution >= 0.6 is 0 Å². The fraction of sp³-hybridized carbons (Fsp3) is 0.759. The van der Waals surface area contributed by atoms with Crippen LogP contribution in [-0.2, 0) is 40.5 Å². The van der Waals surface area contributed by atoms with Gasteiger partial charge in [0.1, 0.15) is 6.10 Å². The van der Waals surface area contributed by atoms with E-state index in [4.69, 9.17) is 9.16 Å². The highest BCUT2D eigenvalue weighted by atomic mass is 32.2. The minimum Gasteiger partial charge on any atom is -0.460 e. The van der Waals surface area contributed by atoms with E-state index in [0.717, 1.165) is 18.9 Å². The van der Waals surface area contributed by atoms with E-state index >= 15 is 0 Å². The van der Waals surface area contributed by atoms with Crippen LogP contribution in [0.15, 0.2) is 6.07 Å². The molecule has 1 aliphatic carbocycles. The number of carbonyl (C=O) groups excluding carboxylic acids is 1. The first kappa shape index (κ1) is 39.4. The van der Waals surface area contributed by atoms with Crippen LogP contribution < -0.4 is 8.49 Å². The van der Waals surface area contributed by atoms with Gasteiger partial charge in [-0.1, -0.05) is 48.0 Å². The number of nitrogens with zero attached hydrogens (tertiary/aromatic N) is 1. The molecular formula is C29H43F6NO8S2Si. The van der Waals surface area contributed by atoms with Crippen LogP contribution in [0.2, 0.25) is 18.1 Å². The molecule has 47 heavy (non-hydrogen) atoms. The summed E-state index contributed by atoms with van der Waals surface area (Å²) in [6.07, 6.45) is -0.913. The Morgan fingerprint density at radius 3 is 2.06 bits per heavy atom. The highest BCUT2D eigenvalue weighted by molar-refractivity contribution is 7.93. The van der Waals surface area contributed by atoms with Gasteiger partial charge in [-0.25, -0.2) is 4.79 Å². The standard InChI is InChI=1S/C29H43F6NO8S2Si/c1-8-47(9-2,10-3)44-26(27(37)42-23-15-18(6)11-12-20(23)17(4)5)24-19(7)16-22-21(25(24)43-46(40,41)29(33,34)35)13-14-36(22)45(38,39)28(30,31)32/h16-18,20,23,26H,8-15H2,1-7H3/t18-,20+,23-,26+/m1/s1. The van der Waals surface area contributed by atoms with Gasteiger partial charge in [-0.2, -0.15) is 43.2 Å². The number of esters is 1. The first-order chi connectivity index (χ1) is 21.5. The van der Waals surface area contributed by atoms with Gasteiger partial charge in [-0.05, 0) is 73.7 Å². The Hall–Kier alpha value is -2.05. The van der Waals surface area contributed by atoms with Crippen molar-refractivity contribution < 1.29 is 61.3 Å². The topological polar surface area (TPSA) is 116 Å². The van der Waals surface area contributed by atoms with Gasteiger partial charge in [0, 0.05) is 17.7 Å². The number of hydrogen-bond acceptors (Lipinski definition) is 8. The van der Waals surface area contributed by atoms with Crippen LogP contribution in [0.5, 0.6) is 5.75 Å². The van der Waals surface area contributed by atoms with Crippen LogP contribution in [0.4, 0.5) is 32.0 Å². The molecular weight excluding hydrogens is 697 g/mol. The predicted octanol–water partition coefficient (Wildman–Crippen LogP) is 7.50. The molecule has 1 aromatic carbocycles. The summed E-state index contributed by atoms with van der Waals surface area (Å²) in [6, 6.07) is 2.33. The van der Waals surface area contributed by atoms with Crippen molar-refractivity contribution in [1.29, 1.82) is 0 Å². The molecule has 0 radical (unpaired) electrons. The average Bonchev–Trinajstić information content (AvgIpc) is 3.37. The fourth-order valence-electron chi connectivity index (χ4n) is 6.51. The molecule has 9 nitrogen and oxygen atoms in total. The van der Waals surface area contributed by atoms with Gasteiger partial charge in [0.2, 0.25) is 0 Å². The van der Waals surface area contributed by atoms with E-state index in [-0.39, 0.29) is 27.6 Å². The second-order valence-electron chi connectivity index (χ2n) is 12.7. The molecule has 270 valence electrons. The summed E-state index contributed by atoms with van der Waals surface area (Å²) in [5, 5.41) is 0. The fourth-order valence-corrected chi connectivity index (χ4v) is 10.7. The molecule has 1 saturated carbocycles. The van der Waals surface area contributed by atoms with Crippen molar-refractivity contribution in [1.82, 2.24) is 0 Å². The molecule has 3 rings (SSSR count). The van der Waals surface area contributed by atoms with Gasteiger partial charge in [0.25, 0.3) is 0 Å². The number of carbonyl (C=O) groups is 1. The summed E-state index contributed by atoms with van der Waals surface area (Å²) in [6.45, 7) is 11.7. The number of halogens is 6. The lowest BCUT2D eigenvalue weighted by molar-refractivity contribution is -0.165. The zero-order valence-corrected chi connectivity index (χ0v) is 30.1. The van der Waals surface area contributed by atoms with Crippen LogP contribution in [0.3, 0.4) is 0 Å². The van der Waals surface area contributed by atoms with Crippen molar-refractivity contribution >= 4 is 40.1 Å².